The van der Waals surface area contributed by atoms with Crippen molar-refractivity contribution in [3.8, 4) is 0 Å². The molecule has 0 N–H and O–H groups in total. The van der Waals surface area contributed by atoms with E-state index < -0.39 is 0 Å². The summed E-state index contributed by atoms with van der Waals surface area (Å²) in [5, 5.41) is 0. The van der Waals surface area contributed by atoms with Crippen molar-refractivity contribution in [1.82, 2.24) is 0 Å². The van der Waals surface area contributed by atoms with Crippen molar-refractivity contribution in [3.63, 3.8) is 0 Å². The van der Waals surface area contributed by atoms with E-state index in [0.717, 1.165) is 0 Å². The molecule has 0 bridgehead atoms. The first kappa shape index (κ1) is 13.4. The van der Waals surface area contributed by atoms with Crippen LogP contribution >= 0.6 is 0 Å². The van der Waals surface area contributed by atoms with Crippen molar-refractivity contribution < 1.29 is 9.47 Å². The van der Waals surface area contributed by atoms with Crippen molar-refractivity contribution in [1.29, 1.82) is 0 Å². The Balaban J connectivity index is 3.14. The van der Waals surface area contributed by atoms with E-state index in [9.17, 15) is 0 Å². The van der Waals surface area contributed by atoms with E-state index in [1.807, 2.05) is 0 Å². The lowest BCUT2D eigenvalue weighted by Gasteiger charge is -2.12. The Hall–Kier alpha value is 0.354. The van der Waals surface area contributed by atoms with Gasteiger partial charge in [0.2, 0.25) is 0 Å². The van der Waals surface area contributed by atoms with Crippen LogP contribution in [0.25, 0.3) is 0 Å². The van der Waals surface area contributed by atoms with Gasteiger partial charge in [-0.05, 0) is 0 Å². The third-order valence-electron chi connectivity index (χ3n) is 2.25. The number of rotatable bonds is 8. The van der Waals surface area contributed by atoms with E-state index in [-0.39, 0.29) is 24.2 Å². The first-order valence-corrected chi connectivity index (χ1v) is 10.2. The molecule has 0 amide bonds. The second-order valence-electron chi connectivity index (χ2n) is 3.93. The highest BCUT2D eigenvalue weighted by Gasteiger charge is 2.04. The van der Waals surface area contributed by atoms with Gasteiger partial charge in [0.05, 0.1) is 9.52 Å². The Labute approximate surface area is 86.4 Å². The second kappa shape index (κ2) is 8.93. The lowest BCUT2D eigenvalue weighted by atomic mass is 10.4. The normalized spacial score (nSPS) is 12.5. The van der Waals surface area contributed by atoms with E-state index in [0.29, 0.717) is 0 Å². The van der Waals surface area contributed by atoms with Gasteiger partial charge in [-0.25, -0.2) is 0 Å². The number of hydrogen-bond donors (Lipinski definition) is 0. The number of unbranched alkanes of at least 4 members (excludes halogenated alkanes) is 1. The summed E-state index contributed by atoms with van der Waals surface area (Å²) in [4.78, 5) is 0. The van der Waals surface area contributed by atoms with Crippen LogP contribution in [0, 0.1) is 0 Å². The summed E-state index contributed by atoms with van der Waals surface area (Å²) in [7, 11) is 3.03. The molecule has 0 fully saturated rings. The molecule has 4 heteroatoms. The van der Waals surface area contributed by atoms with Gasteiger partial charge in [0, 0.05) is 23.0 Å². The van der Waals surface area contributed by atoms with Crippen LogP contribution in [-0.4, -0.2) is 38.4 Å². The molecule has 0 aromatic heterocycles. The van der Waals surface area contributed by atoms with Crippen molar-refractivity contribution in [2.45, 2.75) is 43.9 Å². The monoisotopic (exact) mass is 220 g/mol. The molecule has 0 saturated heterocycles. The molecule has 0 aliphatic carbocycles. The molecule has 0 unspecified atom stereocenters. The zero-order valence-electron chi connectivity index (χ0n) is 9.51. The van der Waals surface area contributed by atoms with Crippen molar-refractivity contribution >= 4 is 18.3 Å². The number of hydrogen-bond acceptors (Lipinski definition) is 2. The maximum absolute atomic E-state index is 5.18. The Morgan fingerprint density at radius 2 is 1.77 bits per heavy atom. The maximum atomic E-state index is 5.18. The summed E-state index contributed by atoms with van der Waals surface area (Å²) in [6.45, 7) is 4.84. The SMILES string of the molecule is COC(OC)[SiH2]CCCC[SiH](C)C. The molecule has 0 aromatic carbocycles. The Morgan fingerprint density at radius 3 is 2.23 bits per heavy atom. The van der Waals surface area contributed by atoms with Gasteiger partial charge < -0.3 is 9.47 Å². The van der Waals surface area contributed by atoms with Gasteiger partial charge in [0.15, 0.2) is 0 Å². The Bertz CT molecular complexity index is 106. The standard InChI is InChI=1S/C9H24O2Si2/c1-10-9(11-2)12-7-5-6-8-13(3)4/h9,13H,5-8,12H2,1-4H3. The minimum atomic E-state index is -0.299. The molecule has 0 aliphatic heterocycles. The molecule has 0 aromatic rings. The van der Waals surface area contributed by atoms with Crippen molar-refractivity contribution in [3.05, 3.63) is 0 Å². The quantitative estimate of drug-likeness (QED) is 0.350. The fourth-order valence-electron chi connectivity index (χ4n) is 1.37. The summed E-state index contributed by atoms with van der Waals surface area (Å²) in [6.07, 6.45) is 2.82. The van der Waals surface area contributed by atoms with Crippen LogP contribution in [0.2, 0.25) is 25.2 Å². The summed E-state index contributed by atoms with van der Waals surface area (Å²) >= 11 is 0. The zero-order valence-corrected chi connectivity index (χ0v) is 12.1. The summed E-state index contributed by atoms with van der Waals surface area (Å²) in [5.74, 6) is 0.149. The summed E-state index contributed by atoms with van der Waals surface area (Å²) in [6, 6.07) is 2.87. The number of ether oxygens (including phenoxy) is 2. The zero-order chi connectivity index (χ0) is 10.1. The lowest BCUT2D eigenvalue weighted by molar-refractivity contribution is -0.0441. The summed E-state index contributed by atoms with van der Waals surface area (Å²) in [5.41, 5.74) is 0. The Morgan fingerprint density at radius 1 is 1.15 bits per heavy atom. The van der Waals surface area contributed by atoms with Crippen LogP contribution in [0.1, 0.15) is 12.8 Å². The van der Waals surface area contributed by atoms with Gasteiger partial charge >= 0.3 is 0 Å². The Kier molecular flexibility index (Phi) is 9.17. The van der Waals surface area contributed by atoms with Crippen LogP contribution in [0.15, 0.2) is 0 Å². The molecule has 0 atom stereocenters. The fraction of sp³-hybridized carbons (Fsp3) is 1.00. The van der Waals surface area contributed by atoms with Gasteiger partial charge in [-0.1, -0.05) is 38.0 Å². The molecule has 80 valence electrons. The van der Waals surface area contributed by atoms with Crippen molar-refractivity contribution in [2.75, 3.05) is 14.2 Å². The average Bonchev–Trinajstić information content (AvgIpc) is 2.11. The lowest BCUT2D eigenvalue weighted by Crippen LogP contribution is -2.20. The van der Waals surface area contributed by atoms with Crippen molar-refractivity contribution in [2.24, 2.45) is 0 Å². The molecule has 0 rings (SSSR count). The third-order valence-corrected chi connectivity index (χ3v) is 5.86. The van der Waals surface area contributed by atoms with Crippen LogP contribution in [0.3, 0.4) is 0 Å². The predicted molar refractivity (Wildman–Crippen MR) is 64.1 cm³/mol. The highest BCUT2D eigenvalue weighted by Crippen LogP contribution is 2.05. The first-order valence-electron chi connectivity index (χ1n) is 5.26. The topological polar surface area (TPSA) is 18.5 Å². The molecule has 0 radical (unpaired) electrons. The van der Waals surface area contributed by atoms with Crippen LogP contribution < -0.4 is 0 Å². The average molecular weight is 220 g/mol. The molecule has 0 heterocycles. The van der Waals surface area contributed by atoms with Gasteiger partial charge in [-0.15, -0.1) is 0 Å². The van der Waals surface area contributed by atoms with Crippen LogP contribution in [0.4, 0.5) is 0 Å². The second-order valence-corrected chi connectivity index (χ2v) is 9.25. The van der Waals surface area contributed by atoms with Gasteiger partial charge in [-0.3, -0.25) is 0 Å². The fourth-order valence-corrected chi connectivity index (χ4v) is 3.92. The molecular weight excluding hydrogens is 196 g/mol. The largest absolute Gasteiger partial charge is 0.360 e. The minimum Gasteiger partial charge on any atom is -0.360 e. The smallest absolute Gasteiger partial charge is 0.134 e. The van der Waals surface area contributed by atoms with Crippen LogP contribution in [-0.2, 0) is 9.47 Å². The van der Waals surface area contributed by atoms with E-state index >= 15 is 0 Å². The molecule has 0 saturated carbocycles. The summed E-state index contributed by atoms with van der Waals surface area (Å²) < 4.78 is 10.4. The first-order chi connectivity index (χ1) is 6.20. The molecule has 0 aliphatic rings. The van der Waals surface area contributed by atoms with Crippen LogP contribution in [0.5, 0.6) is 0 Å². The number of methoxy groups -OCH3 is 2. The molecule has 0 spiro atoms. The van der Waals surface area contributed by atoms with E-state index in [2.05, 4.69) is 13.1 Å². The van der Waals surface area contributed by atoms with Gasteiger partial charge in [0.25, 0.3) is 0 Å². The molecule has 2 nitrogen and oxygen atoms in total. The van der Waals surface area contributed by atoms with Gasteiger partial charge in [0.1, 0.15) is 5.91 Å². The molecule has 13 heavy (non-hydrogen) atoms. The highest BCUT2D eigenvalue weighted by atomic mass is 28.3. The third kappa shape index (κ3) is 8.68. The van der Waals surface area contributed by atoms with Gasteiger partial charge in [-0.2, -0.15) is 0 Å². The predicted octanol–water partition coefficient (Wildman–Crippen LogP) is 1.42. The van der Waals surface area contributed by atoms with E-state index in [1.165, 1.54) is 24.9 Å². The van der Waals surface area contributed by atoms with E-state index in [1.54, 1.807) is 14.2 Å². The molecular formula is C9H24O2Si2. The minimum absolute atomic E-state index is 0.149. The highest BCUT2D eigenvalue weighted by molar-refractivity contribution is 6.55. The van der Waals surface area contributed by atoms with E-state index in [4.69, 9.17) is 9.47 Å². The maximum Gasteiger partial charge on any atom is 0.134 e.